The molecule has 2 N–H and O–H groups in total. The van der Waals surface area contributed by atoms with E-state index in [2.05, 4.69) is 11.9 Å². The lowest BCUT2D eigenvalue weighted by atomic mass is 9.94. The second-order valence-corrected chi connectivity index (χ2v) is 5.59. The van der Waals surface area contributed by atoms with E-state index in [0.29, 0.717) is 18.1 Å². The van der Waals surface area contributed by atoms with Crippen molar-refractivity contribution in [1.29, 1.82) is 0 Å². The number of rotatable bonds is 1. The highest BCUT2D eigenvalue weighted by molar-refractivity contribution is 6.31. The van der Waals surface area contributed by atoms with Crippen molar-refractivity contribution in [3.8, 4) is 0 Å². The van der Waals surface area contributed by atoms with Crippen molar-refractivity contribution >= 4 is 28.6 Å². The number of benzene rings is 1. The van der Waals surface area contributed by atoms with Crippen LogP contribution in [-0.4, -0.2) is 22.3 Å². The SMILES string of the molecule is CC1OCCC1(C)n1c(N)nc2cc(F)c(Cl)cc21. The summed E-state index contributed by atoms with van der Waals surface area (Å²) in [5.74, 6) is -0.129. The molecule has 1 aliphatic heterocycles. The van der Waals surface area contributed by atoms with Crippen molar-refractivity contribution in [3.05, 3.63) is 23.0 Å². The molecule has 1 fully saturated rings. The molecule has 0 bridgehead atoms. The van der Waals surface area contributed by atoms with Crippen molar-refractivity contribution < 1.29 is 9.13 Å². The van der Waals surface area contributed by atoms with Gasteiger partial charge in [0.1, 0.15) is 5.82 Å². The second kappa shape index (κ2) is 4.08. The molecular formula is C13H15ClFN3O. The third-order valence-electron chi connectivity index (χ3n) is 4.09. The zero-order valence-electron chi connectivity index (χ0n) is 10.8. The summed E-state index contributed by atoms with van der Waals surface area (Å²) < 4.78 is 21.0. The molecule has 2 unspecified atom stereocenters. The average molecular weight is 284 g/mol. The van der Waals surface area contributed by atoms with Crippen LogP contribution in [0.25, 0.3) is 11.0 Å². The maximum atomic E-state index is 13.5. The molecule has 3 rings (SSSR count). The van der Waals surface area contributed by atoms with E-state index in [1.54, 1.807) is 6.07 Å². The first-order chi connectivity index (χ1) is 8.93. The van der Waals surface area contributed by atoms with Gasteiger partial charge in [-0.2, -0.15) is 0 Å². The molecule has 1 saturated heterocycles. The van der Waals surface area contributed by atoms with Gasteiger partial charge in [-0.15, -0.1) is 0 Å². The molecule has 6 heteroatoms. The molecule has 4 nitrogen and oxygen atoms in total. The fourth-order valence-corrected chi connectivity index (χ4v) is 2.90. The van der Waals surface area contributed by atoms with Crippen LogP contribution in [0.5, 0.6) is 0 Å². The van der Waals surface area contributed by atoms with E-state index in [-0.39, 0.29) is 16.7 Å². The normalized spacial score (nSPS) is 27.3. The Morgan fingerprint density at radius 3 is 2.95 bits per heavy atom. The molecule has 1 aromatic heterocycles. The van der Waals surface area contributed by atoms with Gasteiger partial charge in [0.15, 0.2) is 0 Å². The molecule has 0 spiro atoms. The Balaban J connectivity index is 2.29. The predicted molar refractivity (Wildman–Crippen MR) is 72.8 cm³/mol. The van der Waals surface area contributed by atoms with Crippen LogP contribution in [0.15, 0.2) is 12.1 Å². The molecular weight excluding hydrogens is 269 g/mol. The van der Waals surface area contributed by atoms with Crippen molar-refractivity contribution in [1.82, 2.24) is 9.55 Å². The molecule has 0 radical (unpaired) electrons. The van der Waals surface area contributed by atoms with Crippen LogP contribution >= 0.6 is 11.6 Å². The zero-order valence-corrected chi connectivity index (χ0v) is 11.5. The number of aromatic nitrogens is 2. The number of hydrogen-bond donors (Lipinski definition) is 1. The summed E-state index contributed by atoms with van der Waals surface area (Å²) in [6.07, 6.45) is 0.842. The number of fused-ring (bicyclic) bond motifs is 1. The molecule has 0 amide bonds. The van der Waals surface area contributed by atoms with Gasteiger partial charge >= 0.3 is 0 Å². The first kappa shape index (κ1) is 12.7. The van der Waals surface area contributed by atoms with Crippen LogP contribution in [0.4, 0.5) is 10.3 Å². The molecule has 0 saturated carbocycles. The van der Waals surface area contributed by atoms with Crippen LogP contribution in [-0.2, 0) is 10.3 Å². The standard InChI is InChI=1S/C13H15ClFN3O/c1-7-13(2,3-4-19-7)18-11-5-8(14)9(15)6-10(11)17-12(18)16/h5-7H,3-4H2,1-2H3,(H2,16,17). The van der Waals surface area contributed by atoms with Crippen molar-refractivity contribution in [2.45, 2.75) is 31.9 Å². The number of anilines is 1. The smallest absolute Gasteiger partial charge is 0.201 e. The van der Waals surface area contributed by atoms with E-state index in [4.69, 9.17) is 22.1 Å². The van der Waals surface area contributed by atoms with Gasteiger partial charge < -0.3 is 15.0 Å². The first-order valence-electron chi connectivity index (χ1n) is 6.18. The lowest BCUT2D eigenvalue weighted by Gasteiger charge is -2.31. The lowest BCUT2D eigenvalue weighted by Crippen LogP contribution is -2.37. The number of ether oxygens (including phenoxy) is 1. The van der Waals surface area contributed by atoms with E-state index in [0.717, 1.165) is 11.9 Å². The summed E-state index contributed by atoms with van der Waals surface area (Å²) in [4.78, 5) is 4.23. The fourth-order valence-electron chi connectivity index (χ4n) is 2.75. The van der Waals surface area contributed by atoms with Gasteiger partial charge in [0.2, 0.25) is 5.95 Å². The van der Waals surface area contributed by atoms with E-state index >= 15 is 0 Å². The molecule has 2 heterocycles. The third-order valence-corrected chi connectivity index (χ3v) is 4.37. The summed E-state index contributed by atoms with van der Waals surface area (Å²) in [6, 6.07) is 2.89. The zero-order chi connectivity index (χ0) is 13.8. The van der Waals surface area contributed by atoms with Gasteiger partial charge in [0, 0.05) is 12.7 Å². The molecule has 102 valence electrons. The Kier molecular flexibility index (Phi) is 2.73. The quantitative estimate of drug-likeness (QED) is 0.875. The van der Waals surface area contributed by atoms with Gasteiger partial charge in [-0.3, -0.25) is 0 Å². The molecule has 19 heavy (non-hydrogen) atoms. The van der Waals surface area contributed by atoms with E-state index in [1.807, 2.05) is 11.5 Å². The Morgan fingerprint density at radius 2 is 2.32 bits per heavy atom. The van der Waals surface area contributed by atoms with Crippen molar-refractivity contribution in [2.24, 2.45) is 0 Å². The summed E-state index contributed by atoms with van der Waals surface area (Å²) in [7, 11) is 0. The fraction of sp³-hybridized carbons (Fsp3) is 0.462. The number of nitrogen functional groups attached to an aromatic ring is 1. The summed E-state index contributed by atoms with van der Waals surface area (Å²) in [5, 5.41) is 0.0730. The number of nitrogens with two attached hydrogens (primary N) is 1. The highest BCUT2D eigenvalue weighted by Gasteiger charge is 2.41. The van der Waals surface area contributed by atoms with Crippen LogP contribution in [0, 0.1) is 5.82 Å². The molecule has 0 aliphatic carbocycles. The minimum Gasteiger partial charge on any atom is -0.376 e. The highest BCUT2D eigenvalue weighted by Crippen LogP contribution is 2.38. The Bertz CT molecular complexity index is 657. The van der Waals surface area contributed by atoms with E-state index in [1.165, 1.54) is 6.07 Å². The van der Waals surface area contributed by atoms with Gasteiger partial charge in [-0.1, -0.05) is 11.6 Å². The molecule has 1 aromatic carbocycles. The minimum atomic E-state index is -0.486. The van der Waals surface area contributed by atoms with Gasteiger partial charge in [-0.25, -0.2) is 9.37 Å². The van der Waals surface area contributed by atoms with Crippen molar-refractivity contribution in [2.75, 3.05) is 12.3 Å². The Labute approximate surface area is 115 Å². The van der Waals surface area contributed by atoms with E-state index in [9.17, 15) is 4.39 Å². The van der Waals surface area contributed by atoms with Crippen LogP contribution in [0.3, 0.4) is 0 Å². The number of halogens is 2. The number of imidazole rings is 1. The van der Waals surface area contributed by atoms with Crippen LogP contribution in [0.2, 0.25) is 5.02 Å². The molecule has 2 aromatic rings. The van der Waals surface area contributed by atoms with Gasteiger partial charge in [-0.05, 0) is 26.3 Å². The topological polar surface area (TPSA) is 53.1 Å². The van der Waals surface area contributed by atoms with Gasteiger partial charge in [0.05, 0.1) is 27.7 Å². The maximum Gasteiger partial charge on any atom is 0.201 e. The molecule has 2 atom stereocenters. The lowest BCUT2D eigenvalue weighted by molar-refractivity contribution is 0.0783. The average Bonchev–Trinajstić information content (AvgIpc) is 2.81. The Morgan fingerprint density at radius 1 is 1.58 bits per heavy atom. The number of hydrogen-bond acceptors (Lipinski definition) is 3. The largest absolute Gasteiger partial charge is 0.376 e. The minimum absolute atomic E-state index is 0.0102. The highest BCUT2D eigenvalue weighted by atomic mass is 35.5. The maximum absolute atomic E-state index is 13.5. The van der Waals surface area contributed by atoms with Crippen LogP contribution < -0.4 is 5.73 Å². The Hall–Kier alpha value is -1.33. The third kappa shape index (κ3) is 1.72. The van der Waals surface area contributed by atoms with E-state index < -0.39 is 5.82 Å². The first-order valence-corrected chi connectivity index (χ1v) is 6.56. The van der Waals surface area contributed by atoms with Crippen LogP contribution in [0.1, 0.15) is 20.3 Å². The van der Waals surface area contributed by atoms with Gasteiger partial charge in [0.25, 0.3) is 0 Å². The summed E-state index contributed by atoms with van der Waals surface area (Å²) in [5.41, 5.74) is 6.97. The predicted octanol–water partition coefficient (Wildman–Crippen LogP) is 2.94. The summed E-state index contributed by atoms with van der Waals surface area (Å²) in [6.45, 7) is 4.74. The van der Waals surface area contributed by atoms with Crippen molar-refractivity contribution in [3.63, 3.8) is 0 Å². The summed E-state index contributed by atoms with van der Waals surface area (Å²) >= 11 is 5.87. The second-order valence-electron chi connectivity index (χ2n) is 5.18. The molecule has 1 aliphatic rings. The monoisotopic (exact) mass is 283 g/mol. The number of nitrogens with zero attached hydrogens (tertiary/aromatic N) is 2.